The maximum absolute atomic E-state index is 15.6. The van der Waals surface area contributed by atoms with Gasteiger partial charge in [0, 0.05) is 129 Å². The second-order valence-corrected chi connectivity index (χ2v) is 28.0. The quantitative estimate of drug-likeness (QED) is 0.112. The van der Waals surface area contributed by atoms with E-state index < -0.39 is 29.0 Å². The molecule has 2 N–H and O–H groups in total. The van der Waals surface area contributed by atoms with Crippen LogP contribution in [0.4, 0.5) is 5.69 Å². The third-order valence-electron chi connectivity index (χ3n) is 19.8. The molecule has 6 saturated heterocycles. The molecule has 3 aliphatic carbocycles. The maximum Gasteiger partial charge on any atom is 0.328 e. The number of piperazine rings is 1. The molecule has 4 aromatic heterocycles. The van der Waals surface area contributed by atoms with Crippen LogP contribution in [-0.4, -0.2) is 167 Å². The van der Waals surface area contributed by atoms with E-state index in [1.165, 1.54) is 30.6 Å². The minimum atomic E-state index is -1.09. The monoisotopic (exact) mass is 1140 g/mol. The van der Waals surface area contributed by atoms with Crippen molar-refractivity contribution in [2.24, 2.45) is 28.6 Å². The number of cyclic esters (lactones) is 1. The summed E-state index contributed by atoms with van der Waals surface area (Å²) in [5, 5.41) is 8.82. The number of oxazole rings is 1. The lowest BCUT2D eigenvalue weighted by atomic mass is 9.66. The largest absolute Gasteiger partial charge is 0.464 e. The fraction of sp³-hybridized carbons (Fsp3) is 0.645. The molecule has 7 aliphatic heterocycles. The second-order valence-electron chi connectivity index (χ2n) is 27.1. The number of hydrazine groups is 1. The molecule has 7 atom stereocenters. The lowest BCUT2D eigenvalue weighted by molar-refractivity contribution is -0.204. The summed E-state index contributed by atoms with van der Waals surface area (Å²) in [4.78, 5) is 67.9. The third-order valence-corrected chi connectivity index (χ3v) is 20.7. The number of hydrogen-bond acceptors (Lipinski definition) is 17. The summed E-state index contributed by atoms with van der Waals surface area (Å²) in [5.41, 5.74) is 10.1. The number of rotatable bonds is 13. The number of carbonyl (C=O) groups is 3. The molecule has 11 heterocycles. The number of anilines is 1. The fourth-order valence-electron chi connectivity index (χ4n) is 15.0. The molecule has 2 amide bonds. The van der Waals surface area contributed by atoms with Crippen molar-refractivity contribution in [1.29, 1.82) is 0 Å². The van der Waals surface area contributed by atoms with Crippen LogP contribution in [0.3, 0.4) is 0 Å². The smallest absolute Gasteiger partial charge is 0.328 e. The van der Waals surface area contributed by atoms with Crippen molar-refractivity contribution in [3.05, 3.63) is 70.5 Å². The van der Waals surface area contributed by atoms with Gasteiger partial charge in [0.1, 0.15) is 22.9 Å². The molecule has 3 saturated carbocycles. The molecule has 20 heteroatoms. The Hall–Kier alpha value is -5.32. The molecule has 438 valence electrons. The Bertz CT molecular complexity index is 3240. The number of aromatic nitrogens is 4. The number of esters is 1. The molecule has 15 rings (SSSR count). The molecule has 82 heavy (non-hydrogen) atoms. The van der Waals surface area contributed by atoms with Crippen molar-refractivity contribution >= 4 is 45.7 Å². The van der Waals surface area contributed by atoms with Gasteiger partial charge in [-0.2, -0.15) is 0 Å². The number of ether oxygens (including phenoxy) is 5. The maximum atomic E-state index is 15.6. The average molecular weight is 1140 g/mol. The molecule has 9 fully saturated rings. The Balaban J connectivity index is 0.905. The van der Waals surface area contributed by atoms with Crippen LogP contribution in [0.25, 0.3) is 33.4 Å². The molecular weight excluding hydrogens is 1060 g/mol. The van der Waals surface area contributed by atoms with Crippen LogP contribution in [0, 0.1) is 28.6 Å². The predicted molar refractivity (Wildman–Crippen MR) is 308 cm³/mol. The molecule has 5 aromatic rings. The summed E-state index contributed by atoms with van der Waals surface area (Å²) in [6.45, 7) is 21.6. The molecule has 7 bridgehead atoms. The van der Waals surface area contributed by atoms with Crippen molar-refractivity contribution in [2.75, 3.05) is 90.9 Å². The number of amides is 2. The molecule has 10 aliphatic rings. The third kappa shape index (κ3) is 9.97. The number of fused-ring (bicyclic) bond motifs is 4. The number of methoxy groups -OCH3 is 1. The van der Waals surface area contributed by atoms with Crippen LogP contribution in [0.5, 0.6) is 0 Å². The van der Waals surface area contributed by atoms with Crippen molar-refractivity contribution in [1.82, 2.24) is 45.1 Å². The highest BCUT2D eigenvalue weighted by molar-refractivity contribution is 7.10. The van der Waals surface area contributed by atoms with E-state index in [9.17, 15) is 9.59 Å². The standard InChI is InChI=1S/C62H80N10O9S/c1-36-49(46-28-77-35-64-46)50(36)55(73)66-52-54(70-30-61(31-70)33-78-34-61)56-65-47(29-82-56)39-8-11-48-43(20-39)45(25-59(3,4)32-80-58(75)62-22-38(23-62)27-72(67-62)57(52)74)53(71(48)17-19-79-42-12-18-81-60(5,6)24-42)44-21-41(26-63-51(44)37(2)76-7)69-15-13-68(14-16-69)40-9-10-40/h8,11,20-21,26,28-29,35-38,40,42,49-50,52,54,67H,9-10,12-19,22-25,27,30-34H2,1-7H3,(H,66,73)/t36-,37-,38?,42-,49-,50+,52-,54-,62?/m0/s1. The zero-order chi connectivity index (χ0) is 56.5. The number of hydrogen-bond donors (Lipinski definition) is 2. The van der Waals surface area contributed by atoms with Gasteiger partial charge in [-0.15, -0.1) is 11.3 Å². The first-order valence-corrected chi connectivity index (χ1v) is 31.0. The number of likely N-dealkylation sites (tertiary alicyclic amines) is 1. The highest BCUT2D eigenvalue weighted by Gasteiger charge is 2.61. The van der Waals surface area contributed by atoms with E-state index in [-0.39, 0.29) is 65.4 Å². The first kappa shape index (κ1) is 54.6. The van der Waals surface area contributed by atoms with Gasteiger partial charge >= 0.3 is 5.97 Å². The van der Waals surface area contributed by atoms with Gasteiger partial charge < -0.3 is 42.9 Å². The average Bonchev–Trinajstić information content (AvgIpc) is 3.52. The lowest BCUT2D eigenvalue weighted by Gasteiger charge is -2.58. The molecule has 2 spiro atoms. The summed E-state index contributed by atoms with van der Waals surface area (Å²) in [6.07, 6.45) is 10.7. The van der Waals surface area contributed by atoms with Crippen molar-refractivity contribution in [2.45, 2.75) is 140 Å². The van der Waals surface area contributed by atoms with E-state index in [1.54, 1.807) is 18.4 Å². The predicted octanol–water partition coefficient (Wildman–Crippen LogP) is 7.31. The molecule has 1 aromatic carbocycles. The van der Waals surface area contributed by atoms with E-state index in [0.29, 0.717) is 71.9 Å². The molecular formula is C62H80N10O9S. The van der Waals surface area contributed by atoms with Gasteiger partial charge in [0.15, 0.2) is 6.39 Å². The highest BCUT2D eigenvalue weighted by Crippen LogP contribution is 2.54. The van der Waals surface area contributed by atoms with E-state index in [0.717, 1.165) is 106 Å². The summed E-state index contributed by atoms with van der Waals surface area (Å²) < 4.78 is 39.2. The number of nitrogens with one attached hydrogen (secondary N) is 2. The summed E-state index contributed by atoms with van der Waals surface area (Å²) in [7, 11) is 1.75. The van der Waals surface area contributed by atoms with E-state index in [1.807, 2.05) is 13.1 Å². The number of carbonyl (C=O) groups excluding carboxylic acids is 3. The molecule has 19 nitrogen and oxygen atoms in total. The zero-order valence-electron chi connectivity index (χ0n) is 48.6. The van der Waals surface area contributed by atoms with E-state index >= 15 is 4.79 Å². The SMILES string of the molecule is CO[C@@H](C)c1ncc(N2CCN(C3CC3)CC2)cc1-c1c2c3cc(ccc3n1CCO[C@H]1CCOC(C)(C)C1)-c1csc(n1)[C@@H](N1CC3(COC3)C1)[C@H](NC(=O)[C@@H]1[C@@H](C)[C@H]1c1cocn1)C(=O)N1CC3CC(C3)(N1)C(=O)OCC(C)(C)C2. The van der Waals surface area contributed by atoms with Gasteiger partial charge in [-0.25, -0.2) is 20.2 Å². The number of benzene rings is 1. The van der Waals surface area contributed by atoms with Crippen LogP contribution in [0.2, 0.25) is 0 Å². The Morgan fingerprint density at radius 2 is 1.79 bits per heavy atom. The van der Waals surface area contributed by atoms with Gasteiger partial charge in [0.05, 0.1) is 84.9 Å². The van der Waals surface area contributed by atoms with Gasteiger partial charge in [-0.3, -0.25) is 29.4 Å². The van der Waals surface area contributed by atoms with Crippen LogP contribution >= 0.6 is 11.3 Å². The first-order valence-electron chi connectivity index (χ1n) is 30.1. The van der Waals surface area contributed by atoms with Crippen LogP contribution in [0.1, 0.15) is 120 Å². The number of nitrogens with zero attached hydrogens (tertiary/aromatic N) is 8. The fourth-order valence-corrected chi connectivity index (χ4v) is 16.0. The van der Waals surface area contributed by atoms with Crippen molar-refractivity contribution in [3.63, 3.8) is 0 Å². The van der Waals surface area contributed by atoms with Gasteiger partial charge in [0.2, 0.25) is 5.91 Å². The number of thiazole rings is 1. The molecule has 0 unspecified atom stereocenters. The Labute approximate surface area is 484 Å². The van der Waals surface area contributed by atoms with E-state index in [4.69, 9.17) is 38.1 Å². The normalized spacial score (nSPS) is 30.9. The highest BCUT2D eigenvalue weighted by atomic mass is 32.1. The Kier molecular flexibility index (Phi) is 13.8. The van der Waals surface area contributed by atoms with Gasteiger partial charge in [-0.1, -0.05) is 26.8 Å². The van der Waals surface area contributed by atoms with Crippen molar-refractivity contribution in [3.8, 4) is 22.5 Å². The Morgan fingerprint density at radius 1 is 0.988 bits per heavy atom. The summed E-state index contributed by atoms with van der Waals surface area (Å²) in [6, 6.07) is 8.07. The van der Waals surface area contributed by atoms with Crippen LogP contribution < -0.4 is 15.6 Å². The van der Waals surface area contributed by atoms with Crippen LogP contribution in [-0.2, 0) is 51.0 Å². The summed E-state index contributed by atoms with van der Waals surface area (Å²) in [5.74, 6) is -1.36. The first-order chi connectivity index (χ1) is 39.5. The van der Waals surface area contributed by atoms with E-state index in [2.05, 4.69) is 99.3 Å². The minimum Gasteiger partial charge on any atom is -0.464 e. The molecule has 0 radical (unpaired) electrons. The van der Waals surface area contributed by atoms with Crippen molar-refractivity contribution < 1.29 is 42.5 Å². The van der Waals surface area contributed by atoms with Crippen LogP contribution in [0.15, 0.2) is 52.9 Å². The topological polar surface area (TPSA) is 191 Å². The lowest BCUT2D eigenvalue weighted by Crippen LogP contribution is -2.76. The second kappa shape index (κ2) is 20.7. The minimum absolute atomic E-state index is 0.00294. The number of pyridine rings is 1. The Morgan fingerprint density at radius 3 is 2.51 bits per heavy atom. The van der Waals surface area contributed by atoms with Gasteiger partial charge in [-0.05, 0) is 94.9 Å². The zero-order valence-corrected chi connectivity index (χ0v) is 49.4. The van der Waals surface area contributed by atoms with Gasteiger partial charge in [0.25, 0.3) is 5.91 Å². The summed E-state index contributed by atoms with van der Waals surface area (Å²) >= 11 is 1.52.